The highest BCUT2D eigenvalue weighted by Crippen LogP contribution is 2.46. The predicted octanol–water partition coefficient (Wildman–Crippen LogP) is 0.932. The minimum atomic E-state index is -4.38. The third kappa shape index (κ3) is 6.16. The summed E-state index contributed by atoms with van der Waals surface area (Å²) >= 11 is 0. The smallest absolute Gasteiger partial charge is 0.472 e. The Kier molecular flexibility index (Phi) is 7.88. The lowest BCUT2D eigenvalue weighted by molar-refractivity contribution is -0.143. The first kappa shape index (κ1) is 25.3. The zero-order valence-corrected chi connectivity index (χ0v) is 19.4. The van der Waals surface area contributed by atoms with E-state index in [1.54, 1.807) is 13.8 Å². The summed E-state index contributed by atoms with van der Waals surface area (Å²) in [6.07, 6.45) is 0.101. The number of rotatable bonds is 11. The van der Waals surface area contributed by atoms with Gasteiger partial charge in [0.2, 0.25) is 11.8 Å². The Bertz CT molecular complexity index is 1030. The van der Waals surface area contributed by atoms with Crippen LogP contribution in [-0.4, -0.2) is 74.1 Å². The van der Waals surface area contributed by atoms with Crippen molar-refractivity contribution in [3.63, 3.8) is 0 Å². The lowest BCUT2D eigenvalue weighted by Crippen LogP contribution is -2.32. The number of nitrogens with zero attached hydrogens (tertiary/aromatic N) is 4. The molecule has 15 heteroatoms. The number of anilines is 1. The number of carbonyl (C=O) groups is 1. The number of methoxy groups -OCH3 is 1. The Morgan fingerprint density at radius 1 is 1.42 bits per heavy atom. The predicted molar refractivity (Wildman–Crippen MR) is 113 cm³/mol. The fourth-order valence-electron chi connectivity index (χ4n) is 3.47. The average Bonchev–Trinajstić information content (AvgIpc) is 3.29. The monoisotopic (exact) mass is 489 g/mol. The molecule has 4 atom stereocenters. The molecule has 2 aromatic rings. The second kappa shape index (κ2) is 10.3. The topological polar surface area (TPSA) is 190 Å². The number of esters is 1. The van der Waals surface area contributed by atoms with Crippen LogP contribution in [0, 0.1) is 0 Å². The molecular weight excluding hydrogens is 461 g/mol. The summed E-state index contributed by atoms with van der Waals surface area (Å²) in [5.41, 5.74) is 4.98. The maximum atomic E-state index is 12.1. The number of hydrogen-bond donors (Lipinski definition) is 3. The molecule has 2 aromatic heterocycles. The Labute approximate surface area is 189 Å². The first-order valence-corrected chi connectivity index (χ1v) is 11.7. The number of carbonyl (C=O) groups excluding carboxylic acids is 1. The Balaban J connectivity index is 1.60. The molecule has 0 bridgehead atoms. The zero-order chi connectivity index (χ0) is 24.2. The van der Waals surface area contributed by atoms with Crippen LogP contribution in [0.3, 0.4) is 0 Å². The Hall–Kier alpha value is -2.35. The lowest BCUT2D eigenvalue weighted by Gasteiger charge is -2.24. The van der Waals surface area contributed by atoms with Crippen LogP contribution in [0.5, 0.6) is 5.88 Å². The maximum Gasteiger partial charge on any atom is 0.472 e. The van der Waals surface area contributed by atoms with Gasteiger partial charge in [-0.1, -0.05) is 0 Å². The average molecular weight is 489 g/mol. The number of aromatic nitrogens is 4. The Morgan fingerprint density at radius 2 is 2.18 bits per heavy atom. The highest BCUT2D eigenvalue weighted by molar-refractivity contribution is 7.47. The first-order valence-electron chi connectivity index (χ1n) is 10.3. The van der Waals surface area contributed by atoms with E-state index in [1.807, 2.05) is 0 Å². The normalized spacial score (nSPS) is 24.6. The highest BCUT2D eigenvalue weighted by Gasteiger charge is 2.46. The summed E-state index contributed by atoms with van der Waals surface area (Å²) in [6.45, 7) is 3.02. The lowest BCUT2D eigenvalue weighted by atomic mass is 10.0. The summed E-state index contributed by atoms with van der Waals surface area (Å²) in [7, 11) is -2.97. The molecule has 1 aliphatic heterocycles. The van der Waals surface area contributed by atoms with Gasteiger partial charge in [0.05, 0.1) is 39.4 Å². The number of fused-ring (bicyclic) bond motifs is 1. The molecule has 1 fully saturated rings. The van der Waals surface area contributed by atoms with Crippen molar-refractivity contribution in [3.8, 4) is 5.88 Å². The van der Waals surface area contributed by atoms with Crippen LogP contribution in [0.2, 0.25) is 0 Å². The van der Waals surface area contributed by atoms with Crippen molar-refractivity contribution in [1.29, 1.82) is 0 Å². The zero-order valence-electron chi connectivity index (χ0n) is 18.5. The van der Waals surface area contributed by atoms with Crippen molar-refractivity contribution in [2.45, 2.75) is 51.0 Å². The molecule has 3 heterocycles. The van der Waals surface area contributed by atoms with Crippen LogP contribution in [-0.2, 0) is 27.9 Å². The number of nitrogens with two attached hydrogens (primary N) is 1. The number of phosphoric ester groups is 1. The van der Waals surface area contributed by atoms with Crippen molar-refractivity contribution >= 4 is 30.9 Å². The minimum absolute atomic E-state index is 0.0417. The number of nitrogen functional groups attached to an aromatic ring is 1. The van der Waals surface area contributed by atoms with Gasteiger partial charge in [0.25, 0.3) is 0 Å². The van der Waals surface area contributed by atoms with Gasteiger partial charge in [-0.15, -0.1) is 0 Å². The minimum Gasteiger partial charge on any atom is -0.479 e. The molecule has 3 rings (SSSR count). The van der Waals surface area contributed by atoms with Crippen LogP contribution >= 0.6 is 7.82 Å². The number of aliphatic hydroxyl groups is 1. The third-order valence-corrected chi connectivity index (χ3v) is 5.84. The van der Waals surface area contributed by atoms with Gasteiger partial charge in [-0.2, -0.15) is 9.97 Å². The number of phosphoric acid groups is 1. The largest absolute Gasteiger partial charge is 0.479 e. The van der Waals surface area contributed by atoms with Gasteiger partial charge < -0.3 is 29.9 Å². The molecule has 0 saturated carbocycles. The quantitative estimate of drug-likeness (QED) is 0.230. The van der Waals surface area contributed by atoms with E-state index in [1.165, 1.54) is 18.0 Å². The van der Waals surface area contributed by atoms with E-state index in [0.29, 0.717) is 11.2 Å². The molecule has 0 aliphatic carbocycles. The second-order valence-corrected chi connectivity index (χ2v) is 9.05. The first-order chi connectivity index (χ1) is 15.6. The molecule has 4 N–H and O–H groups in total. The molecule has 0 spiro atoms. The van der Waals surface area contributed by atoms with Gasteiger partial charge in [-0.05, 0) is 20.3 Å². The number of imidazole rings is 1. The third-order valence-electron chi connectivity index (χ3n) is 4.86. The summed E-state index contributed by atoms with van der Waals surface area (Å²) in [5, 5.41) is 10.9. The van der Waals surface area contributed by atoms with Crippen LogP contribution < -0.4 is 10.5 Å². The van der Waals surface area contributed by atoms with Crippen LogP contribution in [0.25, 0.3) is 11.2 Å². The SMILES string of the molecule is CCOC(=O)CCCOP(=O)(O)OC[C@@H]1C[C@@](C)(O)C(n2cnc3c(OC)nc(N)nc32)O1. The fourth-order valence-corrected chi connectivity index (χ4v) is 4.26. The van der Waals surface area contributed by atoms with Crippen molar-refractivity contribution in [1.82, 2.24) is 19.5 Å². The Morgan fingerprint density at radius 3 is 2.88 bits per heavy atom. The van der Waals surface area contributed by atoms with E-state index in [9.17, 15) is 19.4 Å². The van der Waals surface area contributed by atoms with E-state index in [4.69, 9.17) is 29.0 Å². The van der Waals surface area contributed by atoms with Crippen LogP contribution in [0.15, 0.2) is 6.33 Å². The van der Waals surface area contributed by atoms with E-state index >= 15 is 0 Å². The van der Waals surface area contributed by atoms with Crippen LogP contribution in [0.1, 0.15) is 39.3 Å². The van der Waals surface area contributed by atoms with Crippen LogP contribution in [0.4, 0.5) is 5.95 Å². The van der Waals surface area contributed by atoms with Gasteiger partial charge in [0.1, 0.15) is 5.60 Å². The molecule has 0 amide bonds. The summed E-state index contributed by atoms with van der Waals surface area (Å²) in [5.74, 6) is -0.283. The van der Waals surface area contributed by atoms with Crippen molar-refractivity contribution in [3.05, 3.63) is 6.33 Å². The van der Waals surface area contributed by atoms with E-state index < -0.39 is 31.7 Å². The summed E-state index contributed by atoms with van der Waals surface area (Å²) < 4.78 is 39.3. The molecule has 184 valence electrons. The van der Waals surface area contributed by atoms with Gasteiger partial charge in [-0.3, -0.25) is 18.4 Å². The maximum absolute atomic E-state index is 12.1. The molecule has 0 aromatic carbocycles. The van der Waals surface area contributed by atoms with Gasteiger partial charge in [0.15, 0.2) is 17.4 Å². The van der Waals surface area contributed by atoms with Crippen molar-refractivity contribution < 1.29 is 42.6 Å². The molecule has 2 unspecified atom stereocenters. The fraction of sp³-hybridized carbons (Fsp3) is 0.667. The van der Waals surface area contributed by atoms with E-state index in [2.05, 4.69) is 15.0 Å². The molecule has 33 heavy (non-hydrogen) atoms. The van der Waals surface area contributed by atoms with Crippen molar-refractivity contribution in [2.24, 2.45) is 0 Å². The van der Waals surface area contributed by atoms with Gasteiger partial charge in [0, 0.05) is 12.8 Å². The molecule has 14 nitrogen and oxygen atoms in total. The van der Waals surface area contributed by atoms with Crippen molar-refractivity contribution in [2.75, 3.05) is 32.7 Å². The molecule has 1 saturated heterocycles. The van der Waals surface area contributed by atoms with E-state index in [0.717, 1.165) is 0 Å². The highest BCUT2D eigenvalue weighted by atomic mass is 31.2. The summed E-state index contributed by atoms with van der Waals surface area (Å²) in [4.78, 5) is 33.5. The number of ether oxygens (including phenoxy) is 3. The standard InChI is InChI=1S/C18H28N5O9P/c1-4-29-12(24)6-5-7-30-33(26,27)31-9-11-8-18(2,25)16(32-11)23-10-20-13-14(23)21-17(19)22-15(13)28-3/h10-11,16,25H,4-9H2,1-3H3,(H,26,27)(H2,19,21,22)/t11-,16?,18+/m0/s1. The molecular formula is C18H28N5O9P. The number of hydrogen-bond acceptors (Lipinski definition) is 12. The second-order valence-electron chi connectivity index (χ2n) is 7.59. The van der Waals surface area contributed by atoms with Gasteiger partial charge >= 0.3 is 13.8 Å². The van der Waals surface area contributed by atoms with Gasteiger partial charge in [-0.25, -0.2) is 9.55 Å². The molecule has 0 radical (unpaired) electrons. The van der Waals surface area contributed by atoms with E-state index in [-0.39, 0.29) is 50.9 Å². The summed E-state index contributed by atoms with van der Waals surface area (Å²) in [6, 6.07) is 0. The molecule has 1 aliphatic rings.